The average molecular weight is 289 g/mol. The van der Waals surface area contributed by atoms with Crippen molar-refractivity contribution in [3.63, 3.8) is 0 Å². The molecule has 0 unspecified atom stereocenters. The molecule has 0 atom stereocenters. The van der Waals surface area contributed by atoms with E-state index in [-0.39, 0.29) is 17.3 Å². The molecule has 2 aromatic carbocycles. The van der Waals surface area contributed by atoms with Crippen molar-refractivity contribution < 1.29 is 13.9 Å². The number of rotatable bonds is 4. The van der Waals surface area contributed by atoms with Crippen LogP contribution in [0.1, 0.15) is 6.92 Å². The van der Waals surface area contributed by atoms with Crippen LogP contribution in [0.25, 0.3) is 0 Å². The van der Waals surface area contributed by atoms with Crippen molar-refractivity contribution in [1.29, 1.82) is 0 Å². The number of para-hydroxylation sites is 2. The van der Waals surface area contributed by atoms with E-state index < -0.39 is 5.82 Å². The Morgan fingerprint density at radius 2 is 1.90 bits per heavy atom. The van der Waals surface area contributed by atoms with Crippen molar-refractivity contribution in [2.45, 2.75) is 6.92 Å². The van der Waals surface area contributed by atoms with Crippen LogP contribution in [0.4, 0.5) is 27.1 Å². The van der Waals surface area contributed by atoms with E-state index in [9.17, 15) is 9.18 Å². The summed E-state index contributed by atoms with van der Waals surface area (Å²) in [7, 11) is 1.55. The molecule has 4 N–H and O–H groups in total. The van der Waals surface area contributed by atoms with E-state index in [0.29, 0.717) is 17.1 Å². The lowest BCUT2D eigenvalue weighted by atomic mass is 10.2. The van der Waals surface area contributed by atoms with E-state index in [1.807, 2.05) is 12.1 Å². The summed E-state index contributed by atoms with van der Waals surface area (Å²) in [5.41, 5.74) is 7.26. The molecule has 21 heavy (non-hydrogen) atoms. The lowest BCUT2D eigenvalue weighted by Gasteiger charge is -2.14. The second kappa shape index (κ2) is 6.13. The Balaban J connectivity index is 2.37. The number of amides is 1. The summed E-state index contributed by atoms with van der Waals surface area (Å²) in [6.07, 6.45) is 0. The van der Waals surface area contributed by atoms with Crippen LogP contribution >= 0.6 is 0 Å². The maximum Gasteiger partial charge on any atom is 0.221 e. The Morgan fingerprint density at radius 3 is 2.57 bits per heavy atom. The summed E-state index contributed by atoms with van der Waals surface area (Å²) in [6, 6.07) is 9.86. The van der Waals surface area contributed by atoms with Crippen LogP contribution in [0.2, 0.25) is 0 Å². The second-order valence-electron chi connectivity index (χ2n) is 4.43. The number of benzene rings is 2. The highest BCUT2D eigenvalue weighted by Gasteiger charge is 2.11. The van der Waals surface area contributed by atoms with Gasteiger partial charge in [0.25, 0.3) is 0 Å². The van der Waals surface area contributed by atoms with E-state index >= 15 is 0 Å². The maximum absolute atomic E-state index is 13.7. The molecule has 0 saturated carbocycles. The predicted molar refractivity (Wildman–Crippen MR) is 81.4 cm³/mol. The topological polar surface area (TPSA) is 76.4 Å². The molecule has 0 bridgehead atoms. The van der Waals surface area contributed by atoms with Gasteiger partial charge >= 0.3 is 0 Å². The quantitative estimate of drug-likeness (QED) is 0.756. The number of carbonyl (C=O) groups excluding carboxylic acids is 1. The fraction of sp³-hybridized carbons (Fsp3) is 0.133. The molecule has 0 saturated heterocycles. The molecule has 0 aromatic heterocycles. The first-order chi connectivity index (χ1) is 10.0. The number of nitrogens with two attached hydrogens (primary N) is 1. The molecule has 2 rings (SSSR count). The lowest BCUT2D eigenvalue weighted by Crippen LogP contribution is -2.09. The van der Waals surface area contributed by atoms with Crippen molar-refractivity contribution in [1.82, 2.24) is 0 Å². The summed E-state index contributed by atoms with van der Waals surface area (Å²) in [5, 5.41) is 5.48. The van der Waals surface area contributed by atoms with Crippen LogP contribution in [0.15, 0.2) is 36.4 Å². The van der Waals surface area contributed by atoms with Gasteiger partial charge in [-0.05, 0) is 18.2 Å². The highest BCUT2D eigenvalue weighted by Crippen LogP contribution is 2.32. The monoisotopic (exact) mass is 289 g/mol. The molecule has 0 radical (unpaired) electrons. The van der Waals surface area contributed by atoms with Crippen LogP contribution in [0, 0.1) is 5.82 Å². The zero-order valence-corrected chi connectivity index (χ0v) is 11.7. The van der Waals surface area contributed by atoms with E-state index in [0.717, 1.165) is 6.07 Å². The molecule has 0 spiro atoms. The summed E-state index contributed by atoms with van der Waals surface area (Å²) in [5.74, 6) is -0.322. The number of carbonyl (C=O) groups is 1. The van der Waals surface area contributed by atoms with Crippen molar-refractivity contribution in [2.24, 2.45) is 0 Å². The number of anilines is 4. The minimum atomic E-state index is -0.590. The second-order valence-corrected chi connectivity index (χ2v) is 4.43. The van der Waals surface area contributed by atoms with Gasteiger partial charge < -0.3 is 21.1 Å². The Kier molecular flexibility index (Phi) is 4.27. The molecule has 1 amide bonds. The van der Waals surface area contributed by atoms with Crippen molar-refractivity contribution in [3.05, 3.63) is 42.2 Å². The van der Waals surface area contributed by atoms with E-state index in [1.165, 1.54) is 13.0 Å². The van der Waals surface area contributed by atoms with Gasteiger partial charge in [-0.3, -0.25) is 4.79 Å². The van der Waals surface area contributed by atoms with E-state index in [4.69, 9.17) is 10.5 Å². The summed E-state index contributed by atoms with van der Waals surface area (Å²) in [6.45, 7) is 1.31. The fourth-order valence-electron chi connectivity index (χ4n) is 1.88. The fourth-order valence-corrected chi connectivity index (χ4v) is 1.88. The summed E-state index contributed by atoms with van der Waals surface area (Å²) in [4.78, 5) is 11.1. The average Bonchev–Trinajstić information content (AvgIpc) is 2.44. The first-order valence-corrected chi connectivity index (χ1v) is 6.28. The van der Waals surface area contributed by atoms with Gasteiger partial charge in [-0.2, -0.15) is 0 Å². The van der Waals surface area contributed by atoms with Crippen molar-refractivity contribution in [3.8, 4) is 5.75 Å². The van der Waals surface area contributed by atoms with Gasteiger partial charge in [-0.1, -0.05) is 12.1 Å². The van der Waals surface area contributed by atoms with Crippen LogP contribution in [-0.2, 0) is 4.79 Å². The maximum atomic E-state index is 13.7. The van der Waals surface area contributed by atoms with Crippen molar-refractivity contribution in [2.75, 3.05) is 23.5 Å². The molecular weight excluding hydrogens is 273 g/mol. The molecule has 0 heterocycles. The summed E-state index contributed by atoms with van der Waals surface area (Å²) >= 11 is 0. The third-order valence-electron chi connectivity index (χ3n) is 2.83. The third-order valence-corrected chi connectivity index (χ3v) is 2.83. The molecule has 110 valence electrons. The van der Waals surface area contributed by atoms with Gasteiger partial charge in [-0.25, -0.2) is 4.39 Å². The third kappa shape index (κ3) is 3.42. The number of hydrogen-bond acceptors (Lipinski definition) is 4. The largest absolute Gasteiger partial charge is 0.495 e. The molecule has 0 aliphatic carbocycles. The van der Waals surface area contributed by atoms with Crippen LogP contribution in [-0.4, -0.2) is 13.0 Å². The molecule has 0 aliphatic rings. The first kappa shape index (κ1) is 14.6. The molecule has 6 heteroatoms. The van der Waals surface area contributed by atoms with Gasteiger partial charge in [0, 0.05) is 13.0 Å². The molecular formula is C15H16FN3O2. The highest BCUT2D eigenvalue weighted by molar-refractivity contribution is 5.91. The van der Waals surface area contributed by atoms with Crippen molar-refractivity contribution >= 4 is 28.7 Å². The number of nitrogen functional groups attached to an aromatic ring is 1. The standard InChI is InChI=1S/C15H16FN3O2/c1-9(20)18-13-8-14(11(17)7-10(13)16)19-12-5-3-4-6-15(12)21-2/h3-8,19H,17H2,1-2H3,(H,18,20). The number of ether oxygens (including phenoxy) is 1. The SMILES string of the molecule is COc1ccccc1Nc1cc(NC(C)=O)c(F)cc1N. The number of hydrogen-bond donors (Lipinski definition) is 3. The smallest absolute Gasteiger partial charge is 0.221 e. The van der Waals surface area contributed by atoms with Gasteiger partial charge in [0.2, 0.25) is 5.91 Å². The van der Waals surface area contributed by atoms with Gasteiger partial charge in [0.1, 0.15) is 11.6 Å². The van der Waals surface area contributed by atoms with Crippen LogP contribution in [0.3, 0.4) is 0 Å². The number of nitrogens with one attached hydrogen (secondary N) is 2. The number of halogens is 1. The minimum absolute atomic E-state index is 0.0640. The lowest BCUT2D eigenvalue weighted by molar-refractivity contribution is -0.114. The Morgan fingerprint density at radius 1 is 1.19 bits per heavy atom. The van der Waals surface area contributed by atoms with Crippen LogP contribution in [0.5, 0.6) is 5.75 Å². The summed E-state index contributed by atoms with van der Waals surface area (Å²) < 4.78 is 19.0. The predicted octanol–water partition coefficient (Wildman–Crippen LogP) is 3.12. The highest BCUT2D eigenvalue weighted by atomic mass is 19.1. The minimum Gasteiger partial charge on any atom is -0.495 e. The molecule has 0 fully saturated rings. The normalized spacial score (nSPS) is 10.0. The van der Waals surface area contributed by atoms with Gasteiger partial charge in [0.05, 0.1) is 29.9 Å². The van der Waals surface area contributed by atoms with E-state index in [1.54, 1.807) is 19.2 Å². The zero-order valence-electron chi connectivity index (χ0n) is 11.7. The molecule has 0 aliphatic heterocycles. The Bertz CT molecular complexity index is 674. The van der Waals surface area contributed by atoms with Crippen LogP contribution < -0.4 is 21.1 Å². The number of methoxy groups -OCH3 is 1. The molecule has 5 nitrogen and oxygen atoms in total. The van der Waals surface area contributed by atoms with Gasteiger partial charge in [0.15, 0.2) is 0 Å². The Hall–Kier alpha value is -2.76. The van der Waals surface area contributed by atoms with Gasteiger partial charge in [-0.15, -0.1) is 0 Å². The zero-order chi connectivity index (χ0) is 15.4. The Labute approximate surface area is 121 Å². The first-order valence-electron chi connectivity index (χ1n) is 6.28. The molecule has 2 aromatic rings. The van der Waals surface area contributed by atoms with E-state index in [2.05, 4.69) is 10.6 Å².